The zero-order chi connectivity index (χ0) is 13.9. The number of amides is 1. The highest BCUT2D eigenvalue weighted by Crippen LogP contribution is 2.13. The number of hydrogen-bond acceptors (Lipinski definition) is 5. The predicted octanol–water partition coefficient (Wildman–Crippen LogP) is 0.495. The molecule has 8 heteroatoms. The maximum Gasteiger partial charge on any atom is 0.292 e. The molecule has 1 saturated heterocycles. The van der Waals surface area contributed by atoms with Crippen LogP contribution in [0.4, 0.5) is 4.39 Å². The number of carbonyl (C=O) groups excluding carboxylic acids is 1. The number of halogens is 1. The summed E-state index contributed by atoms with van der Waals surface area (Å²) in [6.45, 7) is 3.14. The van der Waals surface area contributed by atoms with Gasteiger partial charge in [-0.15, -0.1) is 0 Å². The van der Waals surface area contributed by atoms with Crippen LogP contribution in [0.3, 0.4) is 0 Å². The van der Waals surface area contributed by atoms with Crippen molar-refractivity contribution in [1.29, 1.82) is 0 Å². The van der Waals surface area contributed by atoms with Crippen molar-refractivity contribution in [2.75, 3.05) is 26.2 Å². The van der Waals surface area contributed by atoms with Gasteiger partial charge in [0.05, 0.1) is 12.8 Å². The molecule has 1 aliphatic heterocycles. The second-order valence-corrected chi connectivity index (χ2v) is 4.60. The topological polar surface area (TPSA) is 78.3 Å². The van der Waals surface area contributed by atoms with Crippen molar-refractivity contribution in [3.05, 3.63) is 36.1 Å². The summed E-state index contributed by atoms with van der Waals surface area (Å²) >= 11 is 0. The first-order chi connectivity index (χ1) is 9.74. The fourth-order valence-corrected chi connectivity index (χ4v) is 2.22. The van der Waals surface area contributed by atoms with Gasteiger partial charge in [-0.05, 0) is 0 Å². The molecule has 0 unspecified atom stereocenters. The molecule has 7 nitrogen and oxygen atoms in total. The Labute approximate surface area is 114 Å². The Morgan fingerprint density at radius 2 is 2.20 bits per heavy atom. The fraction of sp³-hybridized carbons (Fsp3) is 0.417. The number of aromatic nitrogens is 3. The van der Waals surface area contributed by atoms with Crippen molar-refractivity contribution in [3.63, 3.8) is 0 Å². The van der Waals surface area contributed by atoms with Crippen molar-refractivity contribution in [3.8, 4) is 0 Å². The molecule has 1 amide bonds. The Morgan fingerprint density at radius 3 is 2.80 bits per heavy atom. The van der Waals surface area contributed by atoms with Gasteiger partial charge >= 0.3 is 0 Å². The van der Waals surface area contributed by atoms with Gasteiger partial charge in [0, 0.05) is 32.2 Å². The average Bonchev–Trinajstić information content (AvgIpc) is 3.10. The van der Waals surface area contributed by atoms with E-state index >= 15 is 0 Å². The number of furan rings is 1. The summed E-state index contributed by atoms with van der Waals surface area (Å²) in [4.78, 5) is 19.9. The molecule has 0 aromatic carbocycles. The highest BCUT2D eigenvalue weighted by Gasteiger charge is 2.26. The molecule has 1 aliphatic rings. The second kappa shape index (κ2) is 5.41. The van der Waals surface area contributed by atoms with E-state index in [1.54, 1.807) is 4.90 Å². The van der Waals surface area contributed by atoms with E-state index in [0.717, 1.165) is 11.9 Å². The smallest absolute Gasteiger partial charge is 0.292 e. The Hall–Kier alpha value is -2.22. The van der Waals surface area contributed by atoms with Gasteiger partial charge in [0.25, 0.3) is 5.91 Å². The molecule has 0 saturated carbocycles. The summed E-state index contributed by atoms with van der Waals surface area (Å²) in [5.41, 5.74) is 0. The van der Waals surface area contributed by atoms with Crippen LogP contribution < -0.4 is 0 Å². The summed E-state index contributed by atoms with van der Waals surface area (Å²) in [6, 6.07) is 1.15. The molecule has 3 heterocycles. The quantitative estimate of drug-likeness (QED) is 0.885. The standard InChI is InChI=1S/C12H14FN5O2/c13-9-1-6-20-11(9)12(19)18-4-2-17(3-5-18)7-10-14-8-15-16-10/h1,6,8H,2-5,7H2,(H,14,15,16). The van der Waals surface area contributed by atoms with Crippen LogP contribution in [0.25, 0.3) is 0 Å². The molecular formula is C12H14FN5O2. The number of nitrogens with one attached hydrogen (secondary N) is 1. The van der Waals surface area contributed by atoms with Crippen molar-refractivity contribution in [2.45, 2.75) is 6.54 Å². The normalized spacial score (nSPS) is 16.6. The van der Waals surface area contributed by atoms with Crippen LogP contribution >= 0.6 is 0 Å². The van der Waals surface area contributed by atoms with E-state index < -0.39 is 11.7 Å². The molecule has 106 valence electrons. The number of hydrogen-bond donors (Lipinski definition) is 1. The number of H-pyrrole nitrogens is 1. The molecule has 20 heavy (non-hydrogen) atoms. The molecule has 0 radical (unpaired) electrons. The lowest BCUT2D eigenvalue weighted by molar-refractivity contribution is 0.0589. The van der Waals surface area contributed by atoms with Gasteiger partial charge in [-0.1, -0.05) is 0 Å². The summed E-state index contributed by atoms with van der Waals surface area (Å²) in [5, 5.41) is 6.59. The van der Waals surface area contributed by atoms with Crippen LogP contribution in [0.2, 0.25) is 0 Å². The highest BCUT2D eigenvalue weighted by atomic mass is 19.1. The molecule has 0 bridgehead atoms. The minimum atomic E-state index is -0.612. The highest BCUT2D eigenvalue weighted by molar-refractivity contribution is 5.91. The Bertz CT molecular complexity index is 574. The van der Waals surface area contributed by atoms with Gasteiger partial charge in [-0.25, -0.2) is 9.37 Å². The second-order valence-electron chi connectivity index (χ2n) is 4.60. The molecule has 1 fully saturated rings. The molecule has 0 atom stereocenters. The molecule has 0 spiro atoms. The van der Waals surface area contributed by atoms with Crippen molar-refractivity contribution < 1.29 is 13.6 Å². The van der Waals surface area contributed by atoms with Gasteiger partial charge < -0.3 is 9.32 Å². The summed E-state index contributed by atoms with van der Waals surface area (Å²) in [7, 11) is 0. The molecule has 1 N–H and O–H groups in total. The predicted molar refractivity (Wildman–Crippen MR) is 66.2 cm³/mol. The van der Waals surface area contributed by atoms with Crippen molar-refractivity contribution in [2.24, 2.45) is 0 Å². The molecular weight excluding hydrogens is 265 g/mol. The zero-order valence-corrected chi connectivity index (χ0v) is 10.8. The summed E-state index contributed by atoms with van der Waals surface area (Å²) in [5.74, 6) is -0.429. The van der Waals surface area contributed by atoms with Gasteiger partial charge in [0.2, 0.25) is 5.76 Å². The van der Waals surface area contributed by atoms with Crippen LogP contribution in [0.1, 0.15) is 16.4 Å². The Kier molecular flexibility index (Phi) is 3.46. The third-order valence-electron chi connectivity index (χ3n) is 3.31. The summed E-state index contributed by atoms with van der Waals surface area (Å²) < 4.78 is 18.2. The molecule has 3 rings (SSSR count). The first kappa shape index (κ1) is 12.8. The Balaban J connectivity index is 1.56. The number of aromatic amines is 1. The number of piperazine rings is 1. The van der Waals surface area contributed by atoms with Crippen LogP contribution in [0.5, 0.6) is 0 Å². The van der Waals surface area contributed by atoms with E-state index in [4.69, 9.17) is 4.42 Å². The third kappa shape index (κ3) is 2.55. The van der Waals surface area contributed by atoms with E-state index in [2.05, 4.69) is 20.1 Å². The third-order valence-corrected chi connectivity index (χ3v) is 3.31. The first-order valence-electron chi connectivity index (χ1n) is 6.33. The fourth-order valence-electron chi connectivity index (χ4n) is 2.22. The lowest BCUT2D eigenvalue weighted by atomic mass is 10.2. The SMILES string of the molecule is O=C(c1occc1F)N1CCN(Cc2ncn[nH]2)CC1. The monoisotopic (exact) mass is 279 g/mol. The van der Waals surface area contributed by atoms with Gasteiger partial charge in [-0.3, -0.25) is 14.8 Å². The molecule has 2 aromatic rings. The zero-order valence-electron chi connectivity index (χ0n) is 10.8. The van der Waals surface area contributed by atoms with E-state index in [9.17, 15) is 9.18 Å². The van der Waals surface area contributed by atoms with Gasteiger partial charge in [-0.2, -0.15) is 5.10 Å². The number of nitrogens with zero attached hydrogens (tertiary/aromatic N) is 4. The van der Waals surface area contributed by atoms with E-state index in [1.807, 2.05) is 0 Å². The maximum atomic E-state index is 13.3. The Morgan fingerprint density at radius 1 is 1.40 bits per heavy atom. The molecule has 2 aromatic heterocycles. The minimum Gasteiger partial charge on any atom is -0.456 e. The van der Waals surface area contributed by atoms with Crippen LogP contribution in [0.15, 0.2) is 23.1 Å². The first-order valence-corrected chi connectivity index (χ1v) is 6.33. The molecule has 0 aliphatic carbocycles. The van der Waals surface area contributed by atoms with Gasteiger partial charge in [0.15, 0.2) is 5.82 Å². The van der Waals surface area contributed by atoms with Gasteiger partial charge in [0.1, 0.15) is 12.2 Å². The maximum absolute atomic E-state index is 13.3. The number of rotatable bonds is 3. The lowest BCUT2D eigenvalue weighted by Crippen LogP contribution is -2.48. The number of carbonyl (C=O) groups is 1. The van der Waals surface area contributed by atoms with Crippen LogP contribution in [-0.4, -0.2) is 57.1 Å². The van der Waals surface area contributed by atoms with Crippen LogP contribution in [-0.2, 0) is 6.54 Å². The van der Waals surface area contributed by atoms with Crippen molar-refractivity contribution in [1.82, 2.24) is 25.0 Å². The average molecular weight is 279 g/mol. The van der Waals surface area contributed by atoms with Crippen LogP contribution in [0, 0.1) is 5.82 Å². The van der Waals surface area contributed by atoms with E-state index in [1.165, 1.54) is 12.6 Å². The summed E-state index contributed by atoms with van der Waals surface area (Å²) in [6.07, 6.45) is 2.65. The van der Waals surface area contributed by atoms with E-state index in [-0.39, 0.29) is 5.76 Å². The largest absolute Gasteiger partial charge is 0.456 e. The van der Waals surface area contributed by atoms with Crippen molar-refractivity contribution >= 4 is 5.91 Å². The minimum absolute atomic E-state index is 0.214. The van der Waals surface area contributed by atoms with E-state index in [0.29, 0.717) is 32.7 Å². The lowest BCUT2D eigenvalue weighted by Gasteiger charge is -2.33.